The molecule has 0 saturated heterocycles. The van der Waals surface area contributed by atoms with Crippen LogP contribution in [0.2, 0.25) is 10.0 Å². The Morgan fingerprint density at radius 1 is 1.23 bits per heavy atom. The predicted molar refractivity (Wildman–Crippen MR) is 125 cm³/mol. The van der Waals surface area contributed by atoms with Crippen LogP contribution in [0.5, 0.6) is 5.75 Å². The lowest BCUT2D eigenvalue weighted by Gasteiger charge is -2.10. The van der Waals surface area contributed by atoms with Gasteiger partial charge >= 0.3 is 0 Å². The first kappa shape index (κ1) is 22.7. The Morgan fingerprint density at radius 2 is 2.00 bits per heavy atom. The number of aromatic nitrogens is 3. The molecule has 0 bridgehead atoms. The van der Waals surface area contributed by atoms with Gasteiger partial charge in [0.1, 0.15) is 12.4 Å². The molecule has 156 valence electrons. The largest absolute Gasteiger partial charge is 0.486 e. The molecule has 0 atom stereocenters. The molecular formula is C20H17BrCl2N4O2S. The second kappa shape index (κ2) is 10.9. The van der Waals surface area contributed by atoms with Crippen molar-refractivity contribution in [2.45, 2.75) is 18.3 Å². The topological polar surface area (TPSA) is 69.0 Å². The van der Waals surface area contributed by atoms with Crippen LogP contribution in [0.3, 0.4) is 0 Å². The number of nitrogens with zero attached hydrogens (tertiary/aromatic N) is 3. The van der Waals surface area contributed by atoms with Crippen LogP contribution < -0.4 is 10.1 Å². The number of halogens is 3. The van der Waals surface area contributed by atoms with Gasteiger partial charge in [0.25, 0.3) is 0 Å². The maximum absolute atomic E-state index is 12.3. The molecule has 0 aliphatic heterocycles. The highest BCUT2D eigenvalue weighted by atomic mass is 79.9. The van der Waals surface area contributed by atoms with E-state index in [0.717, 1.165) is 10.2 Å². The first-order valence-electron chi connectivity index (χ1n) is 8.75. The molecule has 30 heavy (non-hydrogen) atoms. The second-order valence-corrected chi connectivity index (χ2v) is 8.70. The van der Waals surface area contributed by atoms with Gasteiger partial charge in [-0.25, -0.2) is 0 Å². The molecule has 0 aliphatic rings. The summed E-state index contributed by atoms with van der Waals surface area (Å²) < 4.78 is 8.62. The molecule has 1 heterocycles. The van der Waals surface area contributed by atoms with Crippen LogP contribution in [0.15, 0.2) is 64.7 Å². The van der Waals surface area contributed by atoms with Crippen molar-refractivity contribution in [1.29, 1.82) is 0 Å². The third-order valence-electron chi connectivity index (χ3n) is 3.82. The third-order valence-corrected chi connectivity index (χ3v) is 5.87. The van der Waals surface area contributed by atoms with Gasteiger partial charge in [0, 0.05) is 16.0 Å². The first-order valence-corrected chi connectivity index (χ1v) is 11.3. The Balaban J connectivity index is 1.61. The van der Waals surface area contributed by atoms with Crippen LogP contribution in [-0.2, 0) is 17.9 Å². The predicted octanol–water partition coefficient (Wildman–Crippen LogP) is 5.84. The van der Waals surface area contributed by atoms with Crippen molar-refractivity contribution in [2.24, 2.45) is 0 Å². The summed E-state index contributed by atoms with van der Waals surface area (Å²) in [4.78, 5) is 12.3. The number of nitrogens with one attached hydrogen (secondary N) is 1. The lowest BCUT2D eigenvalue weighted by Crippen LogP contribution is -2.15. The van der Waals surface area contributed by atoms with E-state index in [-0.39, 0.29) is 18.3 Å². The molecule has 1 N–H and O–H groups in total. The first-order chi connectivity index (χ1) is 14.5. The number of thioether (sulfide) groups is 1. The highest BCUT2D eigenvalue weighted by Gasteiger charge is 2.15. The van der Waals surface area contributed by atoms with Crippen molar-refractivity contribution in [2.75, 3.05) is 11.1 Å². The van der Waals surface area contributed by atoms with Crippen molar-refractivity contribution >= 4 is 62.5 Å². The van der Waals surface area contributed by atoms with E-state index in [1.54, 1.807) is 24.3 Å². The van der Waals surface area contributed by atoms with E-state index in [1.165, 1.54) is 11.8 Å². The zero-order chi connectivity index (χ0) is 21.5. The van der Waals surface area contributed by atoms with E-state index in [0.29, 0.717) is 33.3 Å². The summed E-state index contributed by atoms with van der Waals surface area (Å²) in [6.07, 6.45) is 1.74. The molecule has 0 radical (unpaired) electrons. The van der Waals surface area contributed by atoms with Crippen LogP contribution in [0, 0.1) is 0 Å². The zero-order valence-electron chi connectivity index (χ0n) is 15.6. The zero-order valence-corrected chi connectivity index (χ0v) is 19.6. The van der Waals surface area contributed by atoms with Crippen molar-refractivity contribution in [1.82, 2.24) is 14.8 Å². The fourth-order valence-corrected chi connectivity index (χ4v) is 3.92. The SMILES string of the molecule is C=CCn1c(COc2ccc(Br)cc2)nnc1SCC(=O)Nc1ccc(Cl)cc1Cl. The molecule has 0 aliphatic carbocycles. The Labute approximate surface area is 196 Å². The van der Waals surface area contributed by atoms with Crippen molar-refractivity contribution in [3.8, 4) is 5.75 Å². The van der Waals surface area contributed by atoms with Crippen LogP contribution in [0.1, 0.15) is 5.82 Å². The number of amides is 1. The molecule has 0 unspecified atom stereocenters. The molecule has 1 amide bonds. The maximum atomic E-state index is 12.3. The number of benzene rings is 2. The molecule has 0 saturated carbocycles. The van der Waals surface area contributed by atoms with Gasteiger partial charge in [-0.1, -0.05) is 57.0 Å². The van der Waals surface area contributed by atoms with E-state index < -0.39 is 0 Å². The standard InChI is InChI=1S/C20H17BrCl2N4O2S/c1-2-9-27-18(11-29-15-6-3-13(21)4-7-15)25-26-20(27)30-12-19(28)24-17-8-5-14(22)10-16(17)23/h2-8,10H,1,9,11-12H2,(H,24,28). The number of anilines is 1. The van der Waals surface area contributed by atoms with Gasteiger partial charge < -0.3 is 10.1 Å². The minimum atomic E-state index is -0.218. The number of carbonyl (C=O) groups is 1. The lowest BCUT2D eigenvalue weighted by molar-refractivity contribution is -0.113. The quantitative estimate of drug-likeness (QED) is 0.279. The molecule has 10 heteroatoms. The van der Waals surface area contributed by atoms with E-state index in [4.69, 9.17) is 27.9 Å². The Hall–Kier alpha value is -2.00. The average Bonchev–Trinajstić information content (AvgIpc) is 3.10. The van der Waals surface area contributed by atoms with Crippen LogP contribution in [-0.4, -0.2) is 26.4 Å². The summed E-state index contributed by atoms with van der Waals surface area (Å²) in [6.45, 7) is 4.52. The summed E-state index contributed by atoms with van der Waals surface area (Å²) in [5.41, 5.74) is 0.503. The highest BCUT2D eigenvalue weighted by Crippen LogP contribution is 2.26. The van der Waals surface area contributed by atoms with Crippen molar-refractivity contribution in [3.63, 3.8) is 0 Å². The highest BCUT2D eigenvalue weighted by molar-refractivity contribution is 9.10. The number of allylic oxidation sites excluding steroid dienone is 1. The number of carbonyl (C=O) groups excluding carboxylic acids is 1. The number of hydrogen-bond donors (Lipinski definition) is 1. The van der Waals surface area contributed by atoms with Gasteiger partial charge in [0.2, 0.25) is 5.91 Å². The van der Waals surface area contributed by atoms with Crippen LogP contribution in [0.4, 0.5) is 5.69 Å². The van der Waals surface area contributed by atoms with Gasteiger partial charge in [-0.2, -0.15) is 0 Å². The second-order valence-electron chi connectivity index (χ2n) is 6.00. The molecule has 3 aromatic rings. The molecule has 1 aromatic heterocycles. The van der Waals surface area contributed by atoms with Gasteiger partial charge in [-0.3, -0.25) is 9.36 Å². The maximum Gasteiger partial charge on any atom is 0.234 e. The average molecular weight is 528 g/mol. The van der Waals surface area contributed by atoms with Crippen LogP contribution >= 0.6 is 50.9 Å². The molecule has 0 spiro atoms. The van der Waals surface area contributed by atoms with E-state index in [2.05, 4.69) is 38.0 Å². The number of rotatable bonds is 9. The molecular weight excluding hydrogens is 511 g/mol. The number of hydrogen-bond acceptors (Lipinski definition) is 5. The van der Waals surface area contributed by atoms with Crippen LogP contribution in [0.25, 0.3) is 0 Å². The fraction of sp³-hybridized carbons (Fsp3) is 0.150. The smallest absolute Gasteiger partial charge is 0.234 e. The Bertz CT molecular complexity index is 1040. The summed E-state index contributed by atoms with van der Waals surface area (Å²) in [7, 11) is 0. The minimum Gasteiger partial charge on any atom is -0.486 e. The van der Waals surface area contributed by atoms with Gasteiger partial charge in [-0.05, 0) is 42.5 Å². The van der Waals surface area contributed by atoms with Crippen molar-refractivity contribution in [3.05, 3.63) is 75.5 Å². The molecule has 3 rings (SSSR count). The van der Waals surface area contributed by atoms with E-state index in [9.17, 15) is 4.79 Å². The Morgan fingerprint density at radius 3 is 2.70 bits per heavy atom. The summed E-state index contributed by atoms with van der Waals surface area (Å²) in [5, 5.41) is 12.6. The normalized spacial score (nSPS) is 10.6. The molecule has 6 nitrogen and oxygen atoms in total. The van der Waals surface area contributed by atoms with Gasteiger partial charge in [0.15, 0.2) is 11.0 Å². The summed E-state index contributed by atoms with van der Waals surface area (Å²) in [5.74, 6) is 1.29. The summed E-state index contributed by atoms with van der Waals surface area (Å²) >= 11 is 16.6. The molecule has 0 fully saturated rings. The van der Waals surface area contributed by atoms with E-state index >= 15 is 0 Å². The minimum absolute atomic E-state index is 0.141. The van der Waals surface area contributed by atoms with Crippen molar-refractivity contribution < 1.29 is 9.53 Å². The number of ether oxygens (including phenoxy) is 1. The Kier molecular flexibility index (Phi) is 8.21. The summed E-state index contributed by atoms with van der Waals surface area (Å²) in [6, 6.07) is 12.4. The van der Waals surface area contributed by atoms with E-state index in [1.807, 2.05) is 28.8 Å². The molecule has 2 aromatic carbocycles. The fourth-order valence-electron chi connectivity index (χ4n) is 2.43. The lowest BCUT2D eigenvalue weighted by atomic mass is 10.3. The van der Waals surface area contributed by atoms with Gasteiger partial charge in [0.05, 0.1) is 16.5 Å². The van der Waals surface area contributed by atoms with Gasteiger partial charge in [-0.15, -0.1) is 16.8 Å². The third kappa shape index (κ3) is 6.25. The monoisotopic (exact) mass is 526 g/mol.